The van der Waals surface area contributed by atoms with E-state index in [2.05, 4.69) is 0 Å². The van der Waals surface area contributed by atoms with Crippen LogP contribution in [0, 0.1) is 11.3 Å². The summed E-state index contributed by atoms with van der Waals surface area (Å²) in [6.45, 7) is 7.25. The summed E-state index contributed by atoms with van der Waals surface area (Å²) in [6, 6.07) is 4.97. The Morgan fingerprint density at radius 1 is 1.29 bits per heavy atom. The summed E-state index contributed by atoms with van der Waals surface area (Å²) < 4.78 is 44.5. The smallest absolute Gasteiger partial charge is 0.417 e. The van der Waals surface area contributed by atoms with Gasteiger partial charge in [-0.3, -0.25) is 4.79 Å². The van der Waals surface area contributed by atoms with Crippen molar-refractivity contribution >= 4 is 11.7 Å². The van der Waals surface area contributed by atoms with Gasteiger partial charge < -0.3 is 9.64 Å². The van der Waals surface area contributed by atoms with Gasteiger partial charge in [-0.2, -0.15) is 18.4 Å². The lowest BCUT2D eigenvalue weighted by Crippen LogP contribution is -2.35. The Morgan fingerprint density at radius 3 is 2.38 bits per heavy atom. The van der Waals surface area contributed by atoms with Gasteiger partial charge in [-0.1, -0.05) is 6.92 Å². The molecule has 7 heteroatoms. The number of esters is 1. The molecule has 0 aliphatic rings. The number of anilines is 1. The molecule has 1 aromatic carbocycles. The number of rotatable bonds is 5. The summed E-state index contributed by atoms with van der Waals surface area (Å²) in [5.74, 6) is -0.520. The van der Waals surface area contributed by atoms with Crippen LogP contribution in [0.4, 0.5) is 18.9 Å². The van der Waals surface area contributed by atoms with Gasteiger partial charge in [-0.25, -0.2) is 0 Å². The fraction of sp³-hybridized carbons (Fsp3) is 0.529. The molecule has 0 heterocycles. The molecule has 0 spiro atoms. The number of alkyl halides is 3. The third-order valence-electron chi connectivity index (χ3n) is 3.03. The van der Waals surface area contributed by atoms with E-state index in [4.69, 9.17) is 10.00 Å². The predicted octanol–water partition coefficient (Wildman–Crippen LogP) is 4.14. The van der Waals surface area contributed by atoms with Crippen LogP contribution >= 0.6 is 0 Å². The number of hydrogen-bond donors (Lipinski definition) is 0. The fourth-order valence-electron chi connectivity index (χ4n) is 2.16. The lowest BCUT2D eigenvalue weighted by molar-refractivity contribution is -0.153. The maximum absolute atomic E-state index is 13.1. The van der Waals surface area contributed by atoms with Crippen LogP contribution in [0.1, 0.15) is 45.2 Å². The molecule has 4 nitrogen and oxygen atoms in total. The summed E-state index contributed by atoms with van der Waals surface area (Å²) in [4.78, 5) is 13.5. The third-order valence-corrected chi connectivity index (χ3v) is 3.03. The summed E-state index contributed by atoms with van der Waals surface area (Å²) in [7, 11) is 0. The quantitative estimate of drug-likeness (QED) is 0.755. The molecule has 0 aliphatic carbocycles. The number of carbonyl (C=O) groups excluding carboxylic acids is 1. The summed E-state index contributed by atoms with van der Waals surface area (Å²) in [5, 5.41) is 8.85. The summed E-state index contributed by atoms with van der Waals surface area (Å²) in [6.07, 6.45) is -3.99. The Morgan fingerprint density at radius 2 is 1.92 bits per heavy atom. The van der Waals surface area contributed by atoms with E-state index >= 15 is 0 Å². The summed E-state index contributed by atoms with van der Waals surface area (Å²) >= 11 is 0. The molecule has 0 radical (unpaired) electrons. The average molecular weight is 342 g/mol. The number of nitriles is 1. The largest absolute Gasteiger partial charge is 0.459 e. The highest BCUT2D eigenvalue weighted by atomic mass is 19.4. The molecule has 24 heavy (non-hydrogen) atoms. The zero-order valence-corrected chi connectivity index (χ0v) is 14.2. The first-order valence-electron chi connectivity index (χ1n) is 7.56. The molecule has 0 amide bonds. The maximum Gasteiger partial charge on any atom is 0.417 e. The van der Waals surface area contributed by atoms with Crippen LogP contribution in [0.5, 0.6) is 0 Å². The van der Waals surface area contributed by atoms with Crippen molar-refractivity contribution in [1.82, 2.24) is 0 Å². The molecule has 0 atom stereocenters. The zero-order valence-electron chi connectivity index (χ0n) is 14.2. The van der Waals surface area contributed by atoms with Gasteiger partial charge in [0.1, 0.15) is 12.1 Å². The van der Waals surface area contributed by atoms with E-state index in [1.54, 1.807) is 26.8 Å². The minimum atomic E-state index is -4.63. The first-order chi connectivity index (χ1) is 11.0. The Labute approximate surface area is 139 Å². The lowest BCUT2D eigenvalue weighted by Gasteiger charge is -2.27. The van der Waals surface area contributed by atoms with Gasteiger partial charge in [0.05, 0.1) is 17.2 Å². The minimum absolute atomic E-state index is 0.158. The average Bonchev–Trinajstić information content (AvgIpc) is 2.43. The Bertz CT molecular complexity index is 628. The number of nitrogens with zero attached hydrogens (tertiary/aromatic N) is 2. The van der Waals surface area contributed by atoms with Crippen molar-refractivity contribution in [3.63, 3.8) is 0 Å². The van der Waals surface area contributed by atoms with Crippen LogP contribution in [0.25, 0.3) is 0 Å². The van der Waals surface area contributed by atoms with Gasteiger partial charge >= 0.3 is 12.1 Å². The van der Waals surface area contributed by atoms with Gasteiger partial charge in [0, 0.05) is 12.2 Å². The Kier molecular flexibility index (Phi) is 6.24. The number of ether oxygens (including phenoxy) is 1. The molecule has 0 saturated heterocycles. The number of benzene rings is 1. The fourth-order valence-corrected chi connectivity index (χ4v) is 2.16. The number of halogens is 3. The molecular weight excluding hydrogens is 321 g/mol. The lowest BCUT2D eigenvalue weighted by atomic mass is 10.1. The molecule has 0 unspecified atom stereocenters. The van der Waals surface area contributed by atoms with Gasteiger partial charge in [0.2, 0.25) is 0 Å². The van der Waals surface area contributed by atoms with Gasteiger partial charge in [-0.15, -0.1) is 0 Å². The van der Waals surface area contributed by atoms with E-state index < -0.39 is 28.9 Å². The molecular formula is C17H21F3N2O2. The van der Waals surface area contributed by atoms with Crippen molar-refractivity contribution in [1.29, 1.82) is 5.26 Å². The second-order valence-electron chi connectivity index (χ2n) is 6.35. The molecule has 0 bridgehead atoms. The molecule has 0 aliphatic heterocycles. The zero-order chi connectivity index (χ0) is 18.5. The van der Waals surface area contributed by atoms with Crippen LogP contribution in [0.3, 0.4) is 0 Å². The molecule has 0 saturated carbocycles. The predicted molar refractivity (Wildman–Crippen MR) is 84.5 cm³/mol. The molecule has 0 N–H and O–H groups in total. The van der Waals surface area contributed by atoms with Crippen molar-refractivity contribution in [2.24, 2.45) is 0 Å². The Hall–Kier alpha value is -2.23. The minimum Gasteiger partial charge on any atom is -0.459 e. The number of carbonyl (C=O) groups is 1. The van der Waals surface area contributed by atoms with Crippen molar-refractivity contribution in [3.05, 3.63) is 29.3 Å². The molecule has 1 rings (SSSR count). The Balaban J connectivity index is 3.13. The van der Waals surface area contributed by atoms with E-state index in [0.29, 0.717) is 13.0 Å². The normalized spacial score (nSPS) is 11.8. The molecule has 0 fully saturated rings. The van der Waals surface area contributed by atoms with Crippen LogP contribution in [0.15, 0.2) is 18.2 Å². The SMILES string of the molecule is CCCN(CC(=O)OC(C)(C)C)c1ccc(C#N)c(C(F)(F)F)c1. The van der Waals surface area contributed by atoms with E-state index in [0.717, 1.165) is 12.1 Å². The van der Waals surface area contributed by atoms with Crippen molar-refractivity contribution in [3.8, 4) is 6.07 Å². The maximum atomic E-state index is 13.1. The van der Waals surface area contributed by atoms with Gasteiger partial charge in [0.25, 0.3) is 0 Å². The second-order valence-corrected chi connectivity index (χ2v) is 6.35. The number of hydrogen-bond acceptors (Lipinski definition) is 4. The van der Waals surface area contributed by atoms with E-state index in [1.807, 2.05) is 6.92 Å². The summed E-state index contributed by atoms with van der Waals surface area (Å²) in [5.41, 5.74) is -1.89. The highest BCUT2D eigenvalue weighted by molar-refractivity contribution is 5.76. The topological polar surface area (TPSA) is 53.3 Å². The first kappa shape index (κ1) is 19.8. The molecule has 132 valence electrons. The molecule has 1 aromatic rings. The van der Waals surface area contributed by atoms with Crippen molar-refractivity contribution in [2.45, 2.75) is 45.9 Å². The van der Waals surface area contributed by atoms with Crippen molar-refractivity contribution < 1.29 is 22.7 Å². The first-order valence-corrected chi connectivity index (χ1v) is 7.56. The van der Waals surface area contributed by atoms with E-state index in [9.17, 15) is 18.0 Å². The second kappa shape index (κ2) is 7.56. The van der Waals surface area contributed by atoms with Gasteiger partial charge in [0.15, 0.2) is 0 Å². The van der Waals surface area contributed by atoms with E-state index in [-0.39, 0.29) is 12.2 Å². The van der Waals surface area contributed by atoms with Crippen LogP contribution in [0.2, 0.25) is 0 Å². The molecule has 0 aromatic heterocycles. The highest BCUT2D eigenvalue weighted by Crippen LogP contribution is 2.34. The third kappa shape index (κ3) is 5.76. The van der Waals surface area contributed by atoms with Gasteiger partial charge in [-0.05, 0) is 45.4 Å². The monoisotopic (exact) mass is 342 g/mol. The van der Waals surface area contributed by atoms with Crippen molar-refractivity contribution in [2.75, 3.05) is 18.0 Å². The van der Waals surface area contributed by atoms with Crippen LogP contribution in [-0.2, 0) is 15.7 Å². The van der Waals surface area contributed by atoms with E-state index in [1.165, 1.54) is 11.0 Å². The standard InChI is InChI=1S/C17H21F3N2O2/c1-5-8-22(11-15(23)24-16(2,3)4)13-7-6-12(10-21)14(9-13)17(18,19)20/h6-7,9H,5,8,11H2,1-4H3. The highest BCUT2D eigenvalue weighted by Gasteiger charge is 2.34. The van der Waals surface area contributed by atoms with Crippen LogP contribution in [-0.4, -0.2) is 24.7 Å². The van der Waals surface area contributed by atoms with Crippen LogP contribution < -0.4 is 4.90 Å².